The number of benzene rings is 2. The molecule has 0 radical (unpaired) electrons. The Balaban J connectivity index is 1.85. The minimum absolute atomic E-state index is 0.0258. The number of aliphatic carboxylic acids is 1. The van der Waals surface area contributed by atoms with E-state index in [2.05, 4.69) is 9.72 Å². The number of sulfonamides is 1. The zero-order valence-electron chi connectivity index (χ0n) is 24.0. The number of aliphatic hydroxyl groups is 1. The Kier molecular flexibility index (Phi) is 10.5. The summed E-state index contributed by atoms with van der Waals surface area (Å²) in [7, 11) is -3.30. The van der Waals surface area contributed by atoms with Crippen LogP contribution in [0.25, 0.3) is 11.1 Å². The summed E-state index contributed by atoms with van der Waals surface area (Å²) in [5.41, 5.74) is -0.970. The van der Waals surface area contributed by atoms with Gasteiger partial charge in [0.05, 0.1) is 36.6 Å². The molecule has 1 aromatic heterocycles. The quantitative estimate of drug-likeness (QED) is 0.257. The number of ether oxygens (including phenoxy) is 2. The fraction of sp³-hybridized carbons (Fsp3) is 0.357. The largest absolute Gasteiger partial charge is 0.480 e. The number of hydrogen-bond acceptors (Lipinski definition) is 9. The van der Waals surface area contributed by atoms with Crippen LogP contribution in [0, 0.1) is 5.82 Å². The van der Waals surface area contributed by atoms with Gasteiger partial charge in [0.25, 0.3) is 10.0 Å². The van der Waals surface area contributed by atoms with Gasteiger partial charge in [0.1, 0.15) is 18.2 Å². The molecule has 0 aliphatic carbocycles. The highest BCUT2D eigenvalue weighted by atomic mass is 32.2. The molecule has 0 spiro atoms. The highest BCUT2D eigenvalue weighted by Gasteiger charge is 2.38. The lowest BCUT2D eigenvalue weighted by Gasteiger charge is -2.39. The number of carboxylic acid groups (broad SMARTS) is 1. The topological polar surface area (TPSA) is 133 Å². The van der Waals surface area contributed by atoms with Crippen molar-refractivity contribution in [2.75, 3.05) is 62.2 Å². The number of nitrogens with zero attached hydrogens (tertiary/aromatic N) is 4. The van der Waals surface area contributed by atoms with Crippen molar-refractivity contribution < 1.29 is 59.2 Å². The molecule has 18 heteroatoms. The first-order valence-corrected chi connectivity index (χ1v) is 14.9. The number of likely N-dealkylation sites (N-methyl/N-ethyl adjacent to an activating group) is 1. The zero-order valence-corrected chi connectivity index (χ0v) is 24.9. The Morgan fingerprint density at radius 2 is 1.83 bits per heavy atom. The van der Waals surface area contributed by atoms with Crippen LogP contribution in [0.5, 0.6) is 11.6 Å². The number of fused-ring (bicyclic) bond motifs is 1. The zero-order chi connectivity index (χ0) is 33.8. The molecule has 4 rings (SSSR count). The smallest absolute Gasteiger partial charge is 0.417 e. The van der Waals surface area contributed by atoms with E-state index in [1.165, 1.54) is 23.1 Å². The third kappa shape index (κ3) is 8.10. The van der Waals surface area contributed by atoms with E-state index < -0.39 is 69.9 Å². The highest BCUT2D eigenvalue weighted by Crippen LogP contribution is 2.42. The first kappa shape index (κ1) is 34.6. The van der Waals surface area contributed by atoms with Gasteiger partial charge in [-0.15, -0.1) is 0 Å². The maximum atomic E-state index is 14.4. The minimum Gasteiger partial charge on any atom is -0.480 e. The Hall–Kier alpha value is -4.29. The number of pyridine rings is 1. The van der Waals surface area contributed by atoms with Crippen LogP contribution in [0.1, 0.15) is 5.56 Å². The van der Waals surface area contributed by atoms with E-state index in [1.54, 1.807) is 11.9 Å². The lowest BCUT2D eigenvalue weighted by atomic mass is 10.0. The van der Waals surface area contributed by atoms with Crippen LogP contribution in [-0.4, -0.2) is 94.1 Å². The average Bonchev–Trinajstić information content (AvgIpc) is 2.96. The highest BCUT2D eigenvalue weighted by molar-refractivity contribution is 7.93. The van der Waals surface area contributed by atoms with Crippen molar-refractivity contribution in [3.05, 3.63) is 60.0 Å². The lowest BCUT2D eigenvalue weighted by molar-refractivity contribution is -0.138. The first-order valence-electron chi connectivity index (χ1n) is 13.5. The Morgan fingerprint density at radius 3 is 2.48 bits per heavy atom. The van der Waals surface area contributed by atoms with E-state index in [0.29, 0.717) is 12.3 Å². The summed E-state index contributed by atoms with van der Waals surface area (Å²) in [5.74, 6) is -3.19. The van der Waals surface area contributed by atoms with Gasteiger partial charge in [0.2, 0.25) is 5.88 Å². The van der Waals surface area contributed by atoms with Crippen LogP contribution in [-0.2, 0) is 21.0 Å². The molecule has 0 unspecified atom stereocenters. The lowest BCUT2D eigenvalue weighted by Crippen LogP contribution is -2.46. The van der Waals surface area contributed by atoms with Crippen molar-refractivity contribution in [3.63, 3.8) is 0 Å². The number of alkyl halides is 5. The molecule has 11 nitrogen and oxygen atoms in total. The summed E-state index contributed by atoms with van der Waals surface area (Å²) in [6.07, 6.45) is -4.57. The number of halogens is 6. The van der Waals surface area contributed by atoms with Crippen molar-refractivity contribution in [2.24, 2.45) is 0 Å². The third-order valence-electron chi connectivity index (χ3n) is 6.79. The van der Waals surface area contributed by atoms with Gasteiger partial charge in [-0.05, 0) is 48.5 Å². The average molecular weight is 679 g/mol. The monoisotopic (exact) mass is 678 g/mol. The van der Waals surface area contributed by atoms with Crippen molar-refractivity contribution in [1.29, 1.82) is 0 Å². The van der Waals surface area contributed by atoms with Gasteiger partial charge in [-0.25, -0.2) is 17.8 Å². The molecule has 0 atom stereocenters. The number of aliphatic hydroxyl groups excluding tert-OH is 1. The molecular formula is C28H28F6N4O7S. The van der Waals surface area contributed by atoms with Gasteiger partial charge in [-0.1, -0.05) is 6.07 Å². The van der Waals surface area contributed by atoms with Gasteiger partial charge < -0.3 is 24.6 Å². The summed E-state index contributed by atoms with van der Waals surface area (Å²) in [4.78, 5) is 17.0. The van der Waals surface area contributed by atoms with Crippen molar-refractivity contribution in [3.8, 4) is 22.8 Å². The summed E-state index contributed by atoms with van der Waals surface area (Å²) < 4.78 is 119. The number of aromatic nitrogens is 1. The predicted molar refractivity (Wildman–Crippen MR) is 152 cm³/mol. The molecule has 46 heavy (non-hydrogen) atoms. The molecular weight excluding hydrogens is 650 g/mol. The molecule has 2 aromatic carbocycles. The van der Waals surface area contributed by atoms with Gasteiger partial charge in [0.15, 0.2) is 4.90 Å². The molecule has 3 aromatic rings. The van der Waals surface area contributed by atoms with Crippen LogP contribution >= 0.6 is 0 Å². The Morgan fingerprint density at radius 1 is 1.09 bits per heavy atom. The maximum absolute atomic E-state index is 14.4. The second-order valence-electron chi connectivity index (χ2n) is 10.1. The normalized spacial score (nSPS) is 13.7. The molecule has 250 valence electrons. The Bertz CT molecular complexity index is 1680. The first-order chi connectivity index (χ1) is 21.6. The molecule has 0 amide bonds. The van der Waals surface area contributed by atoms with E-state index >= 15 is 0 Å². The minimum atomic E-state index is -4.96. The number of rotatable bonds is 13. The van der Waals surface area contributed by atoms with Crippen LogP contribution in [0.4, 0.5) is 37.7 Å². The van der Waals surface area contributed by atoms with E-state index in [1.807, 2.05) is 0 Å². The maximum Gasteiger partial charge on any atom is 0.417 e. The molecule has 0 bridgehead atoms. The van der Waals surface area contributed by atoms with Crippen molar-refractivity contribution >= 4 is 27.4 Å². The van der Waals surface area contributed by atoms with Crippen LogP contribution in [0.3, 0.4) is 0 Å². The number of carboxylic acids is 1. The summed E-state index contributed by atoms with van der Waals surface area (Å²) >= 11 is 0. The summed E-state index contributed by atoms with van der Waals surface area (Å²) in [6.45, 7) is -4.42. The van der Waals surface area contributed by atoms with Crippen molar-refractivity contribution in [2.45, 2.75) is 17.7 Å². The van der Waals surface area contributed by atoms with Gasteiger partial charge in [-0.2, -0.15) is 22.0 Å². The second kappa shape index (κ2) is 14.0. The summed E-state index contributed by atoms with van der Waals surface area (Å²) in [5, 5.41) is 18.2. The molecule has 1 aliphatic heterocycles. The fourth-order valence-electron chi connectivity index (χ4n) is 4.75. The number of carbonyl (C=O) groups is 1. The van der Waals surface area contributed by atoms with Crippen LogP contribution in [0.2, 0.25) is 0 Å². The fourth-order valence-corrected chi connectivity index (χ4v) is 6.32. The van der Waals surface area contributed by atoms with Crippen LogP contribution < -0.4 is 18.7 Å². The molecule has 0 fully saturated rings. The molecule has 0 saturated carbocycles. The molecule has 1 aliphatic rings. The second-order valence-corrected chi connectivity index (χ2v) is 11.9. The van der Waals surface area contributed by atoms with Gasteiger partial charge >= 0.3 is 18.8 Å². The third-order valence-corrected chi connectivity index (χ3v) is 8.60. The van der Waals surface area contributed by atoms with Gasteiger partial charge in [-0.3, -0.25) is 14.0 Å². The van der Waals surface area contributed by atoms with E-state index in [4.69, 9.17) is 14.9 Å². The number of anilines is 2. The van der Waals surface area contributed by atoms with E-state index in [0.717, 1.165) is 22.5 Å². The predicted octanol–water partition coefficient (Wildman–Crippen LogP) is 3.91. The SMILES string of the molecule is CN(CCN1CCN(S(=O)(=O)c2cc(C(F)(F)F)cnc2OCCO)c2cc(-c3cc(F)cc(OC(F)F)c3)ccc21)CC(=O)O. The van der Waals surface area contributed by atoms with Crippen LogP contribution in [0.15, 0.2) is 53.6 Å². The van der Waals surface area contributed by atoms with Gasteiger partial charge in [0, 0.05) is 31.9 Å². The van der Waals surface area contributed by atoms with E-state index in [9.17, 15) is 39.6 Å². The molecule has 0 saturated heterocycles. The van der Waals surface area contributed by atoms with Crippen molar-refractivity contribution in [1.82, 2.24) is 9.88 Å². The number of hydrogen-bond donors (Lipinski definition) is 2. The summed E-state index contributed by atoms with van der Waals surface area (Å²) in [6, 6.07) is 7.44. The van der Waals surface area contributed by atoms with E-state index in [-0.39, 0.29) is 55.2 Å². The standard InChI is InChI=1S/C28H28F6N4O7S/c1-36(16-25(40)41)4-5-37-6-7-38(46(42,43)24-13-19(28(32,33)34)15-35-26(24)44-9-8-39)23-12-17(2-3-22(23)37)18-10-20(29)14-21(11-18)45-27(30)31/h2-3,10-15,27,39H,4-9,16H2,1H3,(H,40,41). The molecule has 2 heterocycles. The Labute approximate surface area is 259 Å². The molecule has 2 N–H and O–H groups in total.